The molecule has 0 saturated heterocycles. The number of nitrogens with one attached hydrogen (secondary N) is 1. The van der Waals surface area contributed by atoms with Gasteiger partial charge in [-0.1, -0.05) is 18.9 Å². The predicted molar refractivity (Wildman–Crippen MR) is 61.9 cm³/mol. The summed E-state index contributed by atoms with van der Waals surface area (Å²) in [6.07, 6.45) is 5.02. The van der Waals surface area contributed by atoms with Crippen LogP contribution in [-0.4, -0.2) is 11.3 Å². The lowest BCUT2D eigenvalue weighted by atomic mass is 10.1. The second-order valence-corrected chi connectivity index (χ2v) is 5.94. The molecule has 1 aromatic carbocycles. The van der Waals surface area contributed by atoms with Crippen LogP contribution in [-0.2, 0) is 0 Å². The van der Waals surface area contributed by atoms with Gasteiger partial charge in [0.15, 0.2) is 0 Å². The topological polar surface area (TPSA) is 12.0 Å². The Morgan fingerprint density at radius 1 is 1.27 bits per heavy atom. The van der Waals surface area contributed by atoms with E-state index in [1.54, 1.807) is 23.9 Å². The summed E-state index contributed by atoms with van der Waals surface area (Å²) in [5, 5.41) is 3.38. The Hall–Kier alpha value is -0.700. The normalized spacial score (nSPS) is 22.5. The van der Waals surface area contributed by atoms with E-state index >= 15 is 0 Å². The van der Waals surface area contributed by atoms with Gasteiger partial charge in [-0.15, -0.1) is 11.8 Å². The Labute approximate surface area is 93.4 Å². The number of anilines is 1. The fourth-order valence-electron chi connectivity index (χ4n) is 2.56. The Morgan fingerprint density at radius 2 is 2.07 bits per heavy atom. The number of fused-ring (bicyclic) bond motifs is 1. The summed E-state index contributed by atoms with van der Waals surface area (Å²) in [4.78, 5) is 0.825. The maximum atomic E-state index is 13.6. The van der Waals surface area contributed by atoms with Crippen molar-refractivity contribution in [3.05, 3.63) is 24.0 Å². The van der Waals surface area contributed by atoms with Gasteiger partial charge in [0.05, 0.1) is 10.6 Å². The van der Waals surface area contributed by atoms with Crippen LogP contribution in [0.5, 0.6) is 0 Å². The van der Waals surface area contributed by atoms with Crippen LogP contribution in [0.3, 0.4) is 0 Å². The number of rotatable bonds is 0. The Balaban J connectivity index is 1.98. The molecular weight excluding hydrogens is 209 g/mol. The summed E-state index contributed by atoms with van der Waals surface area (Å²) in [5.74, 6) is -0.0732. The van der Waals surface area contributed by atoms with Gasteiger partial charge < -0.3 is 5.32 Å². The molecule has 0 aromatic heterocycles. The third kappa shape index (κ3) is 1.53. The summed E-state index contributed by atoms with van der Waals surface area (Å²) in [6.45, 7) is 0.994. The molecule has 1 spiro atoms. The highest BCUT2D eigenvalue weighted by Crippen LogP contribution is 2.50. The second-order valence-electron chi connectivity index (χ2n) is 4.46. The molecule has 0 atom stereocenters. The van der Waals surface area contributed by atoms with Gasteiger partial charge in [-0.3, -0.25) is 0 Å². The molecule has 1 heterocycles. The van der Waals surface area contributed by atoms with Crippen molar-refractivity contribution in [1.29, 1.82) is 0 Å². The van der Waals surface area contributed by atoms with Crippen LogP contribution < -0.4 is 5.32 Å². The van der Waals surface area contributed by atoms with Gasteiger partial charge in [0, 0.05) is 11.3 Å². The minimum Gasteiger partial charge on any atom is -0.383 e. The van der Waals surface area contributed by atoms with Crippen molar-refractivity contribution in [3.63, 3.8) is 0 Å². The van der Waals surface area contributed by atoms with Crippen LogP contribution in [0.15, 0.2) is 23.1 Å². The molecule has 1 nitrogen and oxygen atoms in total. The van der Waals surface area contributed by atoms with E-state index in [-0.39, 0.29) is 10.6 Å². The quantitative estimate of drug-likeness (QED) is 0.720. The fraction of sp³-hybridized carbons (Fsp3) is 0.500. The van der Waals surface area contributed by atoms with Crippen molar-refractivity contribution in [3.8, 4) is 0 Å². The molecule has 0 radical (unpaired) electrons. The molecule has 0 amide bonds. The SMILES string of the molecule is Fc1cccc2c1SC1(CCCC1)CN2. The molecule has 1 saturated carbocycles. The van der Waals surface area contributed by atoms with Gasteiger partial charge in [0.25, 0.3) is 0 Å². The maximum Gasteiger partial charge on any atom is 0.138 e. The molecular formula is C12H14FNS. The molecule has 15 heavy (non-hydrogen) atoms. The molecule has 0 bridgehead atoms. The van der Waals surface area contributed by atoms with Gasteiger partial charge >= 0.3 is 0 Å². The van der Waals surface area contributed by atoms with Crippen molar-refractivity contribution in [2.45, 2.75) is 35.3 Å². The largest absolute Gasteiger partial charge is 0.383 e. The molecule has 1 N–H and O–H groups in total. The number of hydrogen-bond donors (Lipinski definition) is 1. The van der Waals surface area contributed by atoms with E-state index in [1.165, 1.54) is 25.7 Å². The van der Waals surface area contributed by atoms with Crippen molar-refractivity contribution < 1.29 is 4.39 Å². The summed E-state index contributed by atoms with van der Waals surface area (Å²) in [7, 11) is 0. The van der Waals surface area contributed by atoms with E-state index in [0.717, 1.165) is 17.1 Å². The fourth-order valence-corrected chi connectivity index (χ4v) is 4.04. The zero-order valence-electron chi connectivity index (χ0n) is 8.55. The molecule has 1 aliphatic carbocycles. The van der Waals surface area contributed by atoms with E-state index in [2.05, 4.69) is 5.32 Å². The van der Waals surface area contributed by atoms with Crippen molar-refractivity contribution in [2.75, 3.05) is 11.9 Å². The highest BCUT2D eigenvalue weighted by molar-refractivity contribution is 8.01. The Kier molecular flexibility index (Phi) is 2.16. The van der Waals surface area contributed by atoms with Gasteiger partial charge in [0.2, 0.25) is 0 Å². The van der Waals surface area contributed by atoms with E-state index in [9.17, 15) is 4.39 Å². The smallest absolute Gasteiger partial charge is 0.138 e. The number of thioether (sulfide) groups is 1. The minimum atomic E-state index is -0.0732. The second kappa shape index (κ2) is 3.41. The van der Waals surface area contributed by atoms with Gasteiger partial charge in [-0.25, -0.2) is 4.39 Å². The molecule has 3 heteroatoms. The van der Waals surface area contributed by atoms with Gasteiger partial charge in [0.1, 0.15) is 5.82 Å². The molecule has 2 aliphatic rings. The van der Waals surface area contributed by atoms with Gasteiger partial charge in [-0.05, 0) is 25.0 Å². The van der Waals surface area contributed by atoms with Crippen LogP contribution in [0, 0.1) is 5.82 Å². The highest BCUT2D eigenvalue weighted by atomic mass is 32.2. The first-order chi connectivity index (χ1) is 7.29. The lowest BCUT2D eigenvalue weighted by Crippen LogP contribution is -2.33. The van der Waals surface area contributed by atoms with Crippen LogP contribution in [0.4, 0.5) is 10.1 Å². The first-order valence-corrected chi connectivity index (χ1v) is 6.32. The van der Waals surface area contributed by atoms with Crippen molar-refractivity contribution in [2.24, 2.45) is 0 Å². The Morgan fingerprint density at radius 3 is 2.87 bits per heavy atom. The third-order valence-electron chi connectivity index (χ3n) is 3.40. The van der Waals surface area contributed by atoms with Crippen LogP contribution in [0.2, 0.25) is 0 Å². The van der Waals surface area contributed by atoms with E-state index in [1.807, 2.05) is 6.07 Å². The standard InChI is InChI=1S/C12H14FNS/c13-9-4-3-5-10-11(9)15-12(8-14-10)6-1-2-7-12/h3-5,14H,1-2,6-8H2. The average molecular weight is 223 g/mol. The molecule has 0 unspecified atom stereocenters. The zero-order valence-corrected chi connectivity index (χ0v) is 9.37. The van der Waals surface area contributed by atoms with E-state index in [0.29, 0.717) is 0 Å². The van der Waals surface area contributed by atoms with Crippen molar-refractivity contribution in [1.82, 2.24) is 0 Å². The lowest BCUT2D eigenvalue weighted by Gasteiger charge is -2.34. The summed E-state index contributed by atoms with van der Waals surface area (Å²) >= 11 is 1.76. The number of hydrogen-bond acceptors (Lipinski definition) is 2. The minimum absolute atomic E-state index is 0.0732. The molecule has 1 fully saturated rings. The molecule has 3 rings (SSSR count). The van der Waals surface area contributed by atoms with Crippen LogP contribution >= 0.6 is 11.8 Å². The number of benzene rings is 1. The van der Waals surface area contributed by atoms with E-state index < -0.39 is 0 Å². The molecule has 1 aromatic rings. The highest BCUT2D eigenvalue weighted by Gasteiger charge is 2.38. The third-order valence-corrected chi connectivity index (χ3v) is 5.01. The Bertz CT molecular complexity index is 385. The van der Waals surface area contributed by atoms with Crippen LogP contribution in [0.25, 0.3) is 0 Å². The van der Waals surface area contributed by atoms with Crippen LogP contribution in [0.1, 0.15) is 25.7 Å². The summed E-state index contributed by atoms with van der Waals surface area (Å²) < 4.78 is 13.9. The average Bonchev–Trinajstić information content (AvgIpc) is 2.68. The lowest BCUT2D eigenvalue weighted by molar-refractivity contribution is 0.585. The first-order valence-electron chi connectivity index (χ1n) is 5.51. The summed E-state index contributed by atoms with van der Waals surface area (Å²) in [5.41, 5.74) is 0.970. The van der Waals surface area contributed by atoms with Crippen molar-refractivity contribution >= 4 is 17.4 Å². The zero-order chi connectivity index (χ0) is 10.3. The molecule has 1 aliphatic heterocycles. The monoisotopic (exact) mass is 223 g/mol. The summed E-state index contributed by atoms with van der Waals surface area (Å²) in [6, 6.07) is 5.29. The van der Waals surface area contributed by atoms with Gasteiger partial charge in [-0.2, -0.15) is 0 Å². The first kappa shape index (κ1) is 9.52. The molecule has 80 valence electrons. The predicted octanol–water partition coefficient (Wildman–Crippen LogP) is 3.66. The van der Waals surface area contributed by atoms with E-state index in [4.69, 9.17) is 0 Å². The number of halogens is 1. The maximum absolute atomic E-state index is 13.6.